The van der Waals surface area contributed by atoms with Crippen molar-refractivity contribution in [3.05, 3.63) is 0 Å². The second-order valence-electron chi connectivity index (χ2n) is 5.29. The van der Waals surface area contributed by atoms with Gasteiger partial charge >= 0.3 is 5.97 Å². The number of methoxy groups -OCH3 is 1. The maximum atomic E-state index is 12.1. The molecule has 17 heavy (non-hydrogen) atoms. The molecule has 0 radical (unpaired) electrons. The van der Waals surface area contributed by atoms with Crippen molar-refractivity contribution in [2.75, 3.05) is 26.7 Å². The Kier molecular flexibility index (Phi) is 4.05. The highest BCUT2D eigenvalue weighted by molar-refractivity contribution is 5.81. The Morgan fingerprint density at radius 1 is 1.53 bits per heavy atom. The predicted molar refractivity (Wildman–Crippen MR) is 66.9 cm³/mol. The molecule has 0 aromatic rings. The molecule has 2 atom stereocenters. The summed E-state index contributed by atoms with van der Waals surface area (Å²) in [6.45, 7) is 5.25. The number of ether oxygens (including phenoxy) is 1. The predicted octanol–water partition coefficient (Wildman–Crippen LogP) is 1.16. The monoisotopic (exact) mass is 240 g/mol. The van der Waals surface area contributed by atoms with Crippen LogP contribution in [0.5, 0.6) is 0 Å². The highest BCUT2D eigenvalue weighted by Crippen LogP contribution is 2.33. The number of hydrogen-bond acceptors (Lipinski definition) is 4. The maximum Gasteiger partial charge on any atom is 0.326 e. The molecule has 2 unspecified atom stereocenters. The molecule has 4 heteroatoms. The van der Waals surface area contributed by atoms with E-state index in [1.807, 2.05) is 0 Å². The van der Waals surface area contributed by atoms with Crippen LogP contribution in [0.2, 0.25) is 0 Å². The molecule has 0 aromatic carbocycles. The van der Waals surface area contributed by atoms with Gasteiger partial charge in [0, 0.05) is 12.6 Å². The molecular weight excluding hydrogens is 216 g/mol. The number of esters is 1. The quantitative estimate of drug-likeness (QED) is 0.749. The zero-order valence-corrected chi connectivity index (χ0v) is 11.0. The summed E-state index contributed by atoms with van der Waals surface area (Å²) in [6, 6.07) is 0.576. The molecule has 2 rings (SSSR count). The number of nitrogens with zero attached hydrogens (tertiary/aromatic N) is 1. The van der Waals surface area contributed by atoms with Crippen molar-refractivity contribution in [1.82, 2.24) is 10.2 Å². The average molecular weight is 240 g/mol. The first-order valence-electron chi connectivity index (χ1n) is 6.79. The van der Waals surface area contributed by atoms with Gasteiger partial charge in [-0.2, -0.15) is 0 Å². The zero-order chi connectivity index (χ0) is 12.3. The van der Waals surface area contributed by atoms with Gasteiger partial charge < -0.3 is 15.0 Å². The summed E-state index contributed by atoms with van der Waals surface area (Å²) in [5, 5.41) is 3.45. The molecule has 2 aliphatic rings. The van der Waals surface area contributed by atoms with Crippen molar-refractivity contribution < 1.29 is 9.53 Å². The summed E-state index contributed by atoms with van der Waals surface area (Å²) in [7, 11) is 1.50. The Balaban J connectivity index is 2.08. The summed E-state index contributed by atoms with van der Waals surface area (Å²) < 4.78 is 5.02. The van der Waals surface area contributed by atoms with Gasteiger partial charge in [-0.3, -0.25) is 4.79 Å². The van der Waals surface area contributed by atoms with E-state index in [1.165, 1.54) is 26.5 Å². The van der Waals surface area contributed by atoms with Gasteiger partial charge in [0.05, 0.1) is 7.11 Å². The molecule has 4 nitrogen and oxygen atoms in total. The summed E-state index contributed by atoms with van der Waals surface area (Å²) >= 11 is 0. The molecule has 2 aliphatic heterocycles. The van der Waals surface area contributed by atoms with E-state index >= 15 is 0 Å². The van der Waals surface area contributed by atoms with Crippen LogP contribution in [0.3, 0.4) is 0 Å². The van der Waals surface area contributed by atoms with Crippen LogP contribution in [0.4, 0.5) is 0 Å². The Morgan fingerprint density at radius 2 is 2.35 bits per heavy atom. The SMILES string of the molecule is CCCNC1(C(=O)OC)CCN2CCCC2C1. The van der Waals surface area contributed by atoms with Crippen molar-refractivity contribution in [3.8, 4) is 0 Å². The van der Waals surface area contributed by atoms with E-state index in [0.29, 0.717) is 6.04 Å². The van der Waals surface area contributed by atoms with E-state index in [1.54, 1.807) is 0 Å². The lowest BCUT2D eigenvalue weighted by Gasteiger charge is -2.42. The maximum absolute atomic E-state index is 12.1. The fourth-order valence-electron chi connectivity index (χ4n) is 3.24. The second kappa shape index (κ2) is 5.36. The van der Waals surface area contributed by atoms with Crippen LogP contribution in [0.25, 0.3) is 0 Å². The minimum absolute atomic E-state index is 0.0718. The molecule has 2 saturated heterocycles. The first-order chi connectivity index (χ1) is 8.22. The molecule has 98 valence electrons. The van der Waals surface area contributed by atoms with Crippen LogP contribution in [-0.4, -0.2) is 49.2 Å². The number of rotatable bonds is 4. The van der Waals surface area contributed by atoms with Crippen LogP contribution < -0.4 is 5.32 Å². The third-order valence-electron chi connectivity index (χ3n) is 4.20. The number of hydrogen-bond donors (Lipinski definition) is 1. The number of carbonyl (C=O) groups excluding carboxylic acids is 1. The Bertz CT molecular complexity index is 283. The minimum atomic E-state index is -0.420. The summed E-state index contributed by atoms with van der Waals surface area (Å²) in [6.07, 6.45) is 5.35. The van der Waals surface area contributed by atoms with Crippen LogP contribution in [0.1, 0.15) is 39.0 Å². The van der Waals surface area contributed by atoms with Crippen LogP contribution >= 0.6 is 0 Å². The van der Waals surface area contributed by atoms with E-state index in [-0.39, 0.29) is 5.97 Å². The number of carbonyl (C=O) groups is 1. The van der Waals surface area contributed by atoms with E-state index in [2.05, 4.69) is 17.1 Å². The van der Waals surface area contributed by atoms with Gasteiger partial charge in [0.1, 0.15) is 5.54 Å². The standard InChI is InChI=1S/C13H24N2O2/c1-3-7-14-13(12(16)17-2)6-9-15-8-4-5-11(15)10-13/h11,14H,3-10H2,1-2H3. The Morgan fingerprint density at radius 3 is 3.06 bits per heavy atom. The number of piperidine rings is 1. The zero-order valence-electron chi connectivity index (χ0n) is 11.0. The largest absolute Gasteiger partial charge is 0.468 e. The van der Waals surface area contributed by atoms with Crippen LogP contribution in [0.15, 0.2) is 0 Å². The minimum Gasteiger partial charge on any atom is -0.468 e. The van der Waals surface area contributed by atoms with Crippen molar-refractivity contribution in [1.29, 1.82) is 0 Å². The van der Waals surface area contributed by atoms with E-state index in [4.69, 9.17) is 4.74 Å². The first kappa shape index (κ1) is 12.8. The fraction of sp³-hybridized carbons (Fsp3) is 0.923. The topological polar surface area (TPSA) is 41.6 Å². The van der Waals surface area contributed by atoms with Crippen molar-refractivity contribution in [2.45, 2.75) is 50.6 Å². The Labute approximate surface area is 104 Å². The highest BCUT2D eigenvalue weighted by atomic mass is 16.5. The van der Waals surface area contributed by atoms with Crippen molar-refractivity contribution in [3.63, 3.8) is 0 Å². The second-order valence-corrected chi connectivity index (χ2v) is 5.29. The van der Waals surface area contributed by atoms with Crippen LogP contribution in [-0.2, 0) is 9.53 Å². The molecule has 0 saturated carbocycles. The van der Waals surface area contributed by atoms with Gasteiger partial charge in [-0.25, -0.2) is 0 Å². The number of nitrogens with one attached hydrogen (secondary N) is 1. The molecule has 2 fully saturated rings. The van der Waals surface area contributed by atoms with Crippen molar-refractivity contribution >= 4 is 5.97 Å². The molecular formula is C13H24N2O2. The Hall–Kier alpha value is -0.610. The van der Waals surface area contributed by atoms with Gasteiger partial charge in [0.2, 0.25) is 0 Å². The average Bonchev–Trinajstić information content (AvgIpc) is 2.82. The number of fused-ring (bicyclic) bond motifs is 1. The van der Waals surface area contributed by atoms with Gasteiger partial charge in [-0.1, -0.05) is 6.92 Å². The molecule has 0 bridgehead atoms. The molecule has 0 spiro atoms. The van der Waals surface area contributed by atoms with E-state index in [9.17, 15) is 4.79 Å². The van der Waals surface area contributed by atoms with Gasteiger partial charge in [0.25, 0.3) is 0 Å². The summed E-state index contributed by atoms with van der Waals surface area (Å²) in [5.74, 6) is -0.0718. The van der Waals surface area contributed by atoms with E-state index in [0.717, 1.165) is 32.4 Å². The van der Waals surface area contributed by atoms with Crippen molar-refractivity contribution in [2.24, 2.45) is 0 Å². The lowest BCUT2D eigenvalue weighted by atomic mass is 9.83. The summed E-state index contributed by atoms with van der Waals surface area (Å²) in [4.78, 5) is 14.6. The third kappa shape index (κ3) is 2.47. The molecule has 1 N–H and O–H groups in total. The lowest BCUT2D eigenvalue weighted by molar-refractivity contribution is -0.151. The third-order valence-corrected chi connectivity index (χ3v) is 4.20. The first-order valence-corrected chi connectivity index (χ1v) is 6.79. The molecule has 0 aliphatic carbocycles. The van der Waals surface area contributed by atoms with Gasteiger partial charge in [0.15, 0.2) is 0 Å². The summed E-state index contributed by atoms with van der Waals surface area (Å²) in [5.41, 5.74) is -0.420. The smallest absolute Gasteiger partial charge is 0.326 e. The van der Waals surface area contributed by atoms with Gasteiger partial charge in [-0.15, -0.1) is 0 Å². The molecule has 0 amide bonds. The van der Waals surface area contributed by atoms with E-state index < -0.39 is 5.54 Å². The molecule has 0 aromatic heterocycles. The van der Waals surface area contributed by atoms with Crippen LogP contribution in [0, 0.1) is 0 Å². The fourth-order valence-corrected chi connectivity index (χ4v) is 3.24. The normalized spacial score (nSPS) is 33.4. The molecule has 2 heterocycles. The lowest BCUT2D eigenvalue weighted by Crippen LogP contribution is -2.60. The highest BCUT2D eigenvalue weighted by Gasteiger charge is 2.46. The van der Waals surface area contributed by atoms with Gasteiger partial charge in [-0.05, 0) is 45.2 Å².